The van der Waals surface area contributed by atoms with Crippen molar-refractivity contribution in [2.75, 3.05) is 33.0 Å². The lowest BCUT2D eigenvalue weighted by Gasteiger charge is -2.52. The number of hydrogen-bond acceptors (Lipinski definition) is 25. The number of nitrogens with one attached hydrogen (secondary N) is 2. The van der Waals surface area contributed by atoms with Crippen LogP contribution in [0.2, 0.25) is 0 Å². The molecule has 4 saturated heterocycles. The van der Waals surface area contributed by atoms with Gasteiger partial charge >= 0.3 is 5.97 Å². The molecule has 0 aliphatic carbocycles. The van der Waals surface area contributed by atoms with Crippen LogP contribution >= 0.6 is 0 Å². The van der Waals surface area contributed by atoms with E-state index in [1.807, 2.05) is 6.08 Å². The molecule has 4 fully saturated rings. The van der Waals surface area contributed by atoms with E-state index in [1.165, 1.54) is 161 Å². The SMILES string of the molecule is CCCCCCCCCCCCC/C=C/[C@@H](O)[C@H](CO[C@@H]1OC(CO)[C@@H](O[C@@H]2OC(CO)[C@H](O[C@@H]3OC(CO)[C@H](O)[C@H](O)C3O)[C@H](O[C@]3(C(=O)O)CC(O)[C@@H](NC(C)=O)C([C@H](O)[C@H](O)CO)O3)C2O)[C@H](O)C1O)NC(=O)CCCCCCCCCCCCCCCCCCCCCCCCC. The monoisotopic (exact) mass is 1450 g/mol. The quantitative estimate of drug-likeness (QED) is 0.0301. The Balaban J connectivity index is 1.42. The number of allylic oxidation sites excluding steroid dienone is 1. The van der Waals surface area contributed by atoms with E-state index in [9.17, 15) is 91.0 Å². The standard InChI is InChI=1S/C73H134N2O26/c1-4-6-8-10-12-14-16-18-19-20-21-22-23-24-25-26-27-29-31-33-35-37-39-41-56(84)75-49(50(81)40-38-36-34-32-30-28-17-15-13-11-9-7-5-2)47-94-69-63(90)61(88)65(54(45-78)96-69)98-71-64(91)68(66(55(46-79)97-71)99-70-62(89)60(87)59(86)53(44-77)95-70)101-73(72(92)93)42-51(82)57(74-48(3)80)67(100-73)58(85)52(83)43-76/h38,40,49-55,57-71,76-79,81-83,85-91H,4-37,39,41-47H2,1-3H3,(H,74,80)(H,75,84)(H,92,93)/b40-38+/t49-,50+,51?,52+,53?,54?,55?,57+,58+,59-,60-,61+,62?,63?,64?,65+,66-,67?,68+,69+,70-,71-,73-/m0/s1. The molecule has 4 aliphatic rings. The topological polar surface area (TPSA) is 453 Å². The Hall–Kier alpha value is -2.73. The highest BCUT2D eigenvalue weighted by atomic mass is 16.8. The average molecular weight is 1460 g/mol. The van der Waals surface area contributed by atoms with Crippen molar-refractivity contribution in [3.63, 3.8) is 0 Å². The molecule has 0 spiro atoms. The summed E-state index contributed by atoms with van der Waals surface area (Å²) in [6, 6.07) is -2.78. The molecule has 0 saturated carbocycles. The zero-order chi connectivity index (χ0) is 74.1. The van der Waals surface area contributed by atoms with Gasteiger partial charge in [0, 0.05) is 19.8 Å². The third kappa shape index (κ3) is 31.6. The van der Waals surface area contributed by atoms with Crippen molar-refractivity contribution in [1.82, 2.24) is 10.6 Å². The maximum Gasteiger partial charge on any atom is 0.364 e. The van der Waals surface area contributed by atoms with Gasteiger partial charge in [0.15, 0.2) is 18.9 Å². The van der Waals surface area contributed by atoms with Gasteiger partial charge in [0.25, 0.3) is 5.79 Å². The predicted octanol–water partition coefficient (Wildman–Crippen LogP) is 4.11. The summed E-state index contributed by atoms with van der Waals surface area (Å²) in [5, 5.41) is 170. The van der Waals surface area contributed by atoms with Crippen LogP contribution in [0.25, 0.3) is 0 Å². The van der Waals surface area contributed by atoms with Crippen LogP contribution < -0.4 is 10.6 Å². The Morgan fingerprint density at radius 3 is 1.41 bits per heavy atom. The van der Waals surface area contributed by atoms with E-state index in [0.29, 0.717) is 12.8 Å². The maximum absolute atomic E-state index is 13.6. The van der Waals surface area contributed by atoms with Crippen LogP contribution in [0.4, 0.5) is 0 Å². The Bertz CT molecular complexity index is 2190. The van der Waals surface area contributed by atoms with Gasteiger partial charge in [-0.05, 0) is 19.3 Å². The van der Waals surface area contributed by atoms with Crippen molar-refractivity contribution in [2.45, 2.75) is 399 Å². The van der Waals surface area contributed by atoms with Crippen LogP contribution in [-0.4, -0.2) is 268 Å². The Morgan fingerprint density at radius 1 is 0.515 bits per heavy atom. The van der Waals surface area contributed by atoms with Gasteiger partial charge < -0.3 is 125 Å². The minimum Gasteiger partial charge on any atom is -0.477 e. The number of aliphatic carboxylic acids is 1. The van der Waals surface area contributed by atoms with Crippen molar-refractivity contribution in [3.8, 4) is 0 Å². The molecule has 0 aromatic rings. The van der Waals surface area contributed by atoms with Crippen molar-refractivity contribution in [1.29, 1.82) is 0 Å². The van der Waals surface area contributed by atoms with E-state index >= 15 is 0 Å². The van der Waals surface area contributed by atoms with Gasteiger partial charge in [-0.25, -0.2) is 4.79 Å². The van der Waals surface area contributed by atoms with E-state index in [-0.39, 0.29) is 12.3 Å². The lowest BCUT2D eigenvalue weighted by molar-refractivity contribution is -0.404. The fraction of sp³-hybridized carbons (Fsp3) is 0.932. The molecule has 4 aliphatic heterocycles. The summed E-state index contributed by atoms with van der Waals surface area (Å²) in [4.78, 5) is 39.4. The summed E-state index contributed by atoms with van der Waals surface area (Å²) in [6.07, 6.45) is 4.41. The van der Waals surface area contributed by atoms with Gasteiger partial charge in [-0.3, -0.25) is 9.59 Å². The molecule has 0 radical (unpaired) electrons. The molecule has 8 unspecified atom stereocenters. The smallest absolute Gasteiger partial charge is 0.364 e. The molecular formula is C73H134N2O26. The molecule has 23 atom stereocenters. The minimum atomic E-state index is -3.26. The maximum atomic E-state index is 13.6. The molecule has 0 bridgehead atoms. The molecule has 4 heterocycles. The largest absolute Gasteiger partial charge is 0.477 e. The molecule has 28 heteroatoms. The first-order valence-electron chi connectivity index (χ1n) is 38.6. The Labute approximate surface area is 599 Å². The number of carbonyl (C=O) groups is 3. The molecule has 592 valence electrons. The van der Waals surface area contributed by atoms with Crippen LogP contribution in [0, 0.1) is 0 Å². The summed E-state index contributed by atoms with van der Waals surface area (Å²) in [6.45, 7) is 0.771. The van der Waals surface area contributed by atoms with Crippen LogP contribution in [0.5, 0.6) is 0 Å². The fourth-order valence-corrected chi connectivity index (χ4v) is 13.8. The minimum absolute atomic E-state index is 0.167. The summed E-state index contributed by atoms with van der Waals surface area (Å²) < 4.78 is 47.2. The number of ether oxygens (including phenoxy) is 8. The predicted molar refractivity (Wildman–Crippen MR) is 371 cm³/mol. The number of carbonyl (C=O) groups excluding carboxylic acids is 2. The van der Waals surface area contributed by atoms with Crippen molar-refractivity contribution in [3.05, 3.63) is 12.2 Å². The lowest BCUT2D eigenvalue weighted by Crippen LogP contribution is -2.71. The lowest BCUT2D eigenvalue weighted by atomic mass is 9.88. The first-order valence-corrected chi connectivity index (χ1v) is 38.6. The summed E-state index contributed by atoms with van der Waals surface area (Å²) in [7, 11) is 0. The van der Waals surface area contributed by atoms with Crippen LogP contribution in [0.3, 0.4) is 0 Å². The van der Waals surface area contributed by atoms with E-state index in [2.05, 4.69) is 24.5 Å². The van der Waals surface area contributed by atoms with E-state index in [1.54, 1.807) is 6.08 Å². The van der Waals surface area contributed by atoms with Gasteiger partial charge in [-0.1, -0.05) is 231 Å². The number of unbranched alkanes of at least 4 members (excludes halogenated alkanes) is 33. The third-order valence-corrected chi connectivity index (χ3v) is 20.1. The highest BCUT2D eigenvalue weighted by Gasteiger charge is 2.61. The van der Waals surface area contributed by atoms with Gasteiger partial charge in [0.1, 0.15) is 91.6 Å². The zero-order valence-corrected chi connectivity index (χ0v) is 60.8. The van der Waals surface area contributed by atoms with Gasteiger partial charge in [-0.2, -0.15) is 0 Å². The molecule has 101 heavy (non-hydrogen) atoms. The van der Waals surface area contributed by atoms with Crippen molar-refractivity contribution >= 4 is 17.8 Å². The summed E-state index contributed by atoms with van der Waals surface area (Å²) in [5.74, 6) is -6.52. The second-order valence-corrected chi connectivity index (χ2v) is 28.6. The summed E-state index contributed by atoms with van der Waals surface area (Å²) in [5.41, 5.74) is 0. The second kappa shape index (κ2) is 51.5. The highest BCUT2D eigenvalue weighted by molar-refractivity contribution is 5.77. The summed E-state index contributed by atoms with van der Waals surface area (Å²) >= 11 is 0. The van der Waals surface area contributed by atoms with E-state index in [0.717, 1.165) is 58.3 Å². The molecule has 2 amide bonds. The normalized spacial score (nSPS) is 31.4. The average Bonchev–Trinajstić information content (AvgIpc) is 0.744. The molecular weight excluding hydrogens is 1320 g/mol. The van der Waals surface area contributed by atoms with Gasteiger partial charge in [-0.15, -0.1) is 0 Å². The fourth-order valence-electron chi connectivity index (χ4n) is 13.8. The molecule has 17 N–H and O–H groups in total. The second-order valence-electron chi connectivity index (χ2n) is 28.6. The number of hydrogen-bond donors (Lipinski definition) is 17. The molecule has 0 aromatic carbocycles. The number of aliphatic hydroxyl groups excluding tert-OH is 14. The van der Waals surface area contributed by atoms with E-state index < -0.39 is 192 Å². The van der Waals surface area contributed by atoms with Crippen LogP contribution in [0.1, 0.15) is 258 Å². The molecule has 0 aromatic heterocycles. The third-order valence-electron chi connectivity index (χ3n) is 20.1. The van der Waals surface area contributed by atoms with E-state index in [4.69, 9.17) is 37.9 Å². The van der Waals surface area contributed by atoms with Crippen LogP contribution in [-0.2, 0) is 52.3 Å². The Morgan fingerprint density at radius 2 is 0.941 bits per heavy atom. The zero-order valence-electron chi connectivity index (χ0n) is 60.8. The van der Waals surface area contributed by atoms with Gasteiger partial charge in [0.2, 0.25) is 11.8 Å². The van der Waals surface area contributed by atoms with Crippen LogP contribution in [0.15, 0.2) is 12.2 Å². The van der Waals surface area contributed by atoms with Crippen molar-refractivity contribution in [2.24, 2.45) is 0 Å². The molecule has 28 nitrogen and oxygen atoms in total. The van der Waals surface area contributed by atoms with Crippen molar-refractivity contribution < 1.29 is 129 Å². The number of aliphatic hydroxyl groups is 14. The number of amides is 2. The highest BCUT2D eigenvalue weighted by Crippen LogP contribution is 2.40. The first-order chi connectivity index (χ1) is 48.6. The number of carboxylic acid groups (broad SMARTS) is 1. The number of rotatable bonds is 56. The number of carboxylic acids is 1. The molecule has 4 rings (SSSR count). The first kappa shape index (κ1) is 90.7. The Kier molecular flexibility index (Phi) is 46.3. The van der Waals surface area contributed by atoms with Gasteiger partial charge in [0.05, 0.1) is 57.3 Å².